The highest BCUT2D eigenvalue weighted by Crippen LogP contribution is 2.44. The van der Waals surface area contributed by atoms with Gasteiger partial charge in [0.25, 0.3) is 0 Å². The maximum Gasteiger partial charge on any atom is 0.407 e. The third-order valence-electron chi connectivity index (χ3n) is 10.0. The number of piperidine rings is 1. The number of ether oxygens (including phenoxy) is 1. The Balaban J connectivity index is 0.939. The van der Waals surface area contributed by atoms with E-state index in [-0.39, 0.29) is 24.3 Å². The molecule has 8 nitrogen and oxygen atoms in total. The Kier molecular flexibility index (Phi) is 10.0. The van der Waals surface area contributed by atoms with Crippen molar-refractivity contribution >= 4 is 17.9 Å². The minimum Gasteiger partial charge on any atom is -0.449 e. The van der Waals surface area contributed by atoms with E-state index in [1.807, 2.05) is 35.2 Å². The lowest BCUT2D eigenvalue weighted by atomic mass is 9.81. The van der Waals surface area contributed by atoms with Gasteiger partial charge in [-0.15, -0.1) is 0 Å². The second-order valence-electron chi connectivity index (χ2n) is 12.9. The average molecular weight is 623 g/mol. The third-order valence-corrected chi connectivity index (χ3v) is 10.0. The summed E-state index contributed by atoms with van der Waals surface area (Å²) in [5, 5.41) is 5.96. The van der Waals surface area contributed by atoms with Crippen LogP contribution in [-0.2, 0) is 20.7 Å². The Bertz CT molecular complexity index is 1470. The Morgan fingerprint density at radius 3 is 2.22 bits per heavy atom. The molecule has 0 unspecified atom stereocenters. The number of hydrogen-bond acceptors (Lipinski definition) is 5. The summed E-state index contributed by atoms with van der Waals surface area (Å²) in [6.45, 7) is 5.95. The zero-order chi connectivity index (χ0) is 31.9. The van der Waals surface area contributed by atoms with Crippen molar-refractivity contribution < 1.29 is 19.1 Å². The van der Waals surface area contributed by atoms with Gasteiger partial charge in [-0.05, 0) is 72.8 Å². The summed E-state index contributed by atoms with van der Waals surface area (Å²) in [7, 11) is 0. The molecule has 6 rings (SSSR count). The first-order chi connectivity index (χ1) is 22.5. The normalized spacial score (nSPS) is 19.1. The summed E-state index contributed by atoms with van der Waals surface area (Å²) in [6.07, 6.45) is 4.64. The van der Waals surface area contributed by atoms with Gasteiger partial charge in [-0.25, -0.2) is 4.79 Å². The number of likely N-dealkylation sites (tertiary alicyclic amines) is 1. The smallest absolute Gasteiger partial charge is 0.407 e. The van der Waals surface area contributed by atoms with Gasteiger partial charge in [-0.1, -0.05) is 85.8 Å². The molecule has 1 atom stereocenters. The minimum absolute atomic E-state index is 0.00924. The van der Waals surface area contributed by atoms with E-state index in [9.17, 15) is 14.4 Å². The van der Waals surface area contributed by atoms with E-state index in [1.165, 1.54) is 27.8 Å². The zero-order valence-electron chi connectivity index (χ0n) is 26.9. The van der Waals surface area contributed by atoms with Crippen LogP contribution in [0.25, 0.3) is 11.1 Å². The van der Waals surface area contributed by atoms with Crippen molar-refractivity contribution in [1.82, 2.24) is 20.4 Å². The standard InChI is InChI=1S/C38H46N4O4/c1-2-23-42-35(43)34(40-36(44)38(42)20-25-41(26-21-38)24-19-28-12-4-3-5-13-28)18-10-11-22-39-37(45)46-27-33-31-16-8-6-14-29(31)30-15-7-9-17-32(30)33/h3-9,12-17,33-34H,2,10-11,18-27H2,1H3,(H,39,45)(H,40,44)/t34-/m0/s1. The van der Waals surface area contributed by atoms with Crippen molar-refractivity contribution in [2.45, 2.75) is 69.4 Å². The Labute approximate surface area is 272 Å². The van der Waals surface area contributed by atoms with Crippen molar-refractivity contribution in [2.75, 3.05) is 39.3 Å². The summed E-state index contributed by atoms with van der Waals surface area (Å²) in [5.74, 6) is 0.0451. The van der Waals surface area contributed by atoms with E-state index in [4.69, 9.17) is 4.74 Å². The minimum atomic E-state index is -0.751. The van der Waals surface area contributed by atoms with Gasteiger partial charge < -0.3 is 25.2 Å². The number of benzene rings is 3. The van der Waals surface area contributed by atoms with Crippen LogP contribution in [0.5, 0.6) is 0 Å². The number of rotatable bonds is 12. The van der Waals surface area contributed by atoms with Crippen molar-refractivity contribution in [3.05, 3.63) is 95.6 Å². The second kappa shape index (κ2) is 14.5. The van der Waals surface area contributed by atoms with Crippen LogP contribution in [-0.4, -0.2) is 78.6 Å². The molecule has 242 valence electrons. The Hall–Kier alpha value is -4.17. The molecule has 8 heteroatoms. The Morgan fingerprint density at radius 1 is 0.891 bits per heavy atom. The number of amides is 3. The summed E-state index contributed by atoms with van der Waals surface area (Å²) in [5.41, 5.74) is 5.33. The molecule has 0 saturated carbocycles. The van der Waals surface area contributed by atoms with Crippen LogP contribution in [0, 0.1) is 0 Å². The molecule has 2 fully saturated rings. The van der Waals surface area contributed by atoms with Gasteiger partial charge in [0.05, 0.1) is 0 Å². The Morgan fingerprint density at radius 2 is 1.54 bits per heavy atom. The first-order valence-corrected chi connectivity index (χ1v) is 17.0. The van der Waals surface area contributed by atoms with E-state index in [0.717, 1.165) is 32.5 Å². The lowest BCUT2D eigenvalue weighted by Gasteiger charge is -2.51. The second-order valence-corrected chi connectivity index (χ2v) is 12.9. The maximum atomic E-state index is 13.7. The number of carbonyl (C=O) groups excluding carboxylic acids is 3. The van der Waals surface area contributed by atoms with Crippen LogP contribution in [0.4, 0.5) is 4.79 Å². The molecule has 2 heterocycles. The quantitative estimate of drug-likeness (QED) is 0.260. The van der Waals surface area contributed by atoms with Gasteiger partial charge >= 0.3 is 6.09 Å². The van der Waals surface area contributed by atoms with E-state index in [1.54, 1.807) is 0 Å². The van der Waals surface area contributed by atoms with Crippen LogP contribution >= 0.6 is 0 Å². The van der Waals surface area contributed by atoms with Crippen molar-refractivity contribution in [2.24, 2.45) is 0 Å². The lowest BCUT2D eigenvalue weighted by Crippen LogP contribution is -2.72. The number of piperazine rings is 1. The van der Waals surface area contributed by atoms with E-state index < -0.39 is 17.7 Å². The molecule has 1 spiro atoms. The fourth-order valence-electron chi connectivity index (χ4n) is 7.51. The third kappa shape index (κ3) is 6.68. The molecule has 0 radical (unpaired) electrons. The number of nitrogens with one attached hydrogen (secondary N) is 2. The van der Waals surface area contributed by atoms with Gasteiger partial charge in [0, 0.05) is 38.6 Å². The molecular weight excluding hydrogens is 576 g/mol. The van der Waals surface area contributed by atoms with Gasteiger partial charge in [-0.3, -0.25) is 9.59 Å². The van der Waals surface area contributed by atoms with Gasteiger partial charge in [-0.2, -0.15) is 0 Å². The highest BCUT2D eigenvalue weighted by molar-refractivity contribution is 6.00. The number of nitrogens with zero attached hydrogens (tertiary/aromatic N) is 2. The van der Waals surface area contributed by atoms with Crippen molar-refractivity contribution in [3.8, 4) is 11.1 Å². The highest BCUT2D eigenvalue weighted by Gasteiger charge is 2.53. The molecule has 3 aliphatic rings. The van der Waals surface area contributed by atoms with Gasteiger partial charge in [0.1, 0.15) is 18.2 Å². The molecule has 2 saturated heterocycles. The predicted molar refractivity (Wildman–Crippen MR) is 179 cm³/mol. The van der Waals surface area contributed by atoms with Gasteiger partial charge in [0.2, 0.25) is 11.8 Å². The maximum absolute atomic E-state index is 13.7. The highest BCUT2D eigenvalue weighted by atomic mass is 16.5. The topological polar surface area (TPSA) is 91.0 Å². The largest absolute Gasteiger partial charge is 0.449 e. The van der Waals surface area contributed by atoms with E-state index >= 15 is 0 Å². The van der Waals surface area contributed by atoms with E-state index in [2.05, 4.69) is 71.0 Å². The van der Waals surface area contributed by atoms with E-state index in [0.29, 0.717) is 45.2 Å². The fraction of sp³-hybridized carbons (Fsp3) is 0.447. The monoisotopic (exact) mass is 622 g/mol. The number of hydrogen-bond donors (Lipinski definition) is 2. The number of unbranched alkanes of at least 4 members (excludes halogenated alkanes) is 1. The molecular formula is C38H46N4O4. The molecule has 46 heavy (non-hydrogen) atoms. The fourth-order valence-corrected chi connectivity index (χ4v) is 7.51. The molecule has 1 aliphatic carbocycles. The lowest BCUT2D eigenvalue weighted by molar-refractivity contribution is -0.161. The summed E-state index contributed by atoms with van der Waals surface area (Å²) < 4.78 is 5.65. The summed E-state index contributed by atoms with van der Waals surface area (Å²) in [4.78, 5) is 44.2. The van der Waals surface area contributed by atoms with Crippen molar-refractivity contribution in [1.29, 1.82) is 0 Å². The van der Waals surface area contributed by atoms with Crippen LogP contribution in [0.15, 0.2) is 78.9 Å². The van der Waals surface area contributed by atoms with Crippen LogP contribution in [0.1, 0.15) is 68.1 Å². The number of alkyl carbamates (subject to hydrolysis) is 1. The molecule has 3 aromatic rings. The molecule has 2 aliphatic heterocycles. The molecule has 3 aromatic carbocycles. The predicted octanol–water partition coefficient (Wildman–Crippen LogP) is 5.51. The van der Waals surface area contributed by atoms with Crippen LogP contribution in [0.2, 0.25) is 0 Å². The SMILES string of the molecule is CCCN1C(=O)[C@H](CCCCNC(=O)OCC2c3ccccc3-c3ccccc32)NC(=O)C12CCN(CCc1ccccc1)CC2. The van der Waals surface area contributed by atoms with Crippen LogP contribution < -0.4 is 10.6 Å². The molecule has 2 N–H and O–H groups in total. The molecule has 3 amide bonds. The first kappa shape index (κ1) is 31.8. The summed E-state index contributed by atoms with van der Waals surface area (Å²) in [6, 6.07) is 26.5. The average Bonchev–Trinajstić information content (AvgIpc) is 3.41. The molecule has 0 aromatic heterocycles. The number of carbonyl (C=O) groups is 3. The molecule has 0 bridgehead atoms. The van der Waals surface area contributed by atoms with Gasteiger partial charge in [0.15, 0.2) is 0 Å². The first-order valence-electron chi connectivity index (χ1n) is 17.0. The van der Waals surface area contributed by atoms with Crippen molar-refractivity contribution in [3.63, 3.8) is 0 Å². The number of fused-ring (bicyclic) bond motifs is 3. The van der Waals surface area contributed by atoms with Crippen LogP contribution in [0.3, 0.4) is 0 Å². The zero-order valence-corrected chi connectivity index (χ0v) is 26.9. The summed E-state index contributed by atoms with van der Waals surface area (Å²) >= 11 is 0.